The van der Waals surface area contributed by atoms with Gasteiger partial charge in [-0.15, -0.1) is 0 Å². The molecule has 0 spiro atoms. The standard InChI is InChI=1S/C49H53FN9O6P/c1-29-24-37(25-30(2)43(29)50)59-44(57-17-16-56(48(57)62)36-7-9-38(10-8-36)66(63)22-18-54(5)19-23-66)42-32(4)55(15-12-39(42)52-59)45(60)41-27-35-26-34(33-13-20-64-21-14-33)6-11-40(35)58(41)49(28-31(49)3)46-51-47(61)65-53-46/h6-11,16-17,24-27,31-33,63H,12-15,18-23,28H2,1-5H3/p+1/t31-,32-,49-/m0/s1. The topological polar surface area (TPSA) is 162 Å². The molecule has 1 amide bonds. The molecule has 15 nitrogen and oxygen atoms in total. The normalized spacial score (nSPS) is 22.3. The second-order valence-electron chi connectivity index (χ2n) is 19.0. The van der Waals surface area contributed by atoms with E-state index < -0.39 is 24.8 Å². The van der Waals surface area contributed by atoms with Crippen LogP contribution < -0.4 is 16.8 Å². The Kier molecular flexibility index (Phi) is 10.3. The highest BCUT2D eigenvalue weighted by Gasteiger charge is 2.59. The molecule has 4 aromatic heterocycles. The zero-order chi connectivity index (χ0) is 45.8. The summed E-state index contributed by atoms with van der Waals surface area (Å²) >= 11 is 0. The Hall–Kier alpha value is -5.93. The third kappa shape index (κ3) is 6.78. The van der Waals surface area contributed by atoms with Crippen molar-refractivity contribution in [2.24, 2.45) is 5.92 Å². The molecule has 0 radical (unpaired) electrons. The lowest BCUT2D eigenvalue weighted by molar-refractivity contribution is 0.0663. The fraction of sp³-hybridized carbons (Fsp3) is 0.408. The SMILES string of the molecule is Cc1cc(-n2nc3c(c2-n2ccn(-c4ccc([P+]5(O)CCN(C)CC5)cc4)c2=O)[C@H](C)N(C(=O)c2cc4cc(C5CCOCC5)ccc4n2[C@@]2(c4noc(=O)[nH]4)C[C@@H]2C)CC3)cc(C)c1F. The molecule has 342 valence electrons. The molecule has 66 heavy (non-hydrogen) atoms. The van der Waals surface area contributed by atoms with Crippen LogP contribution in [0.25, 0.3) is 28.1 Å². The Bertz CT molecular complexity index is 3140. The number of ether oxygens (including phenoxy) is 1. The highest BCUT2D eigenvalue weighted by atomic mass is 31.2. The molecule has 4 aliphatic rings. The third-order valence-corrected chi connectivity index (χ3v) is 18.1. The van der Waals surface area contributed by atoms with E-state index in [-0.39, 0.29) is 23.3 Å². The van der Waals surface area contributed by atoms with Crippen LogP contribution in [0.2, 0.25) is 0 Å². The van der Waals surface area contributed by atoms with Crippen LogP contribution in [0, 0.1) is 25.6 Å². The predicted molar refractivity (Wildman–Crippen MR) is 250 cm³/mol. The van der Waals surface area contributed by atoms with Gasteiger partial charge < -0.3 is 14.2 Å². The number of nitrogens with zero attached hydrogens (tertiary/aromatic N) is 8. The van der Waals surface area contributed by atoms with Gasteiger partial charge in [0.25, 0.3) is 5.91 Å². The number of aromatic amines is 1. The Balaban J connectivity index is 1.02. The van der Waals surface area contributed by atoms with Crippen molar-refractivity contribution >= 4 is 29.6 Å². The molecule has 17 heteroatoms. The van der Waals surface area contributed by atoms with Crippen LogP contribution >= 0.6 is 7.49 Å². The summed E-state index contributed by atoms with van der Waals surface area (Å²) in [7, 11) is -0.226. The quantitative estimate of drug-likeness (QED) is 0.171. The number of hydrogen-bond donors (Lipinski definition) is 2. The zero-order valence-electron chi connectivity index (χ0n) is 37.8. The van der Waals surface area contributed by atoms with Gasteiger partial charge in [0.15, 0.2) is 13.3 Å². The minimum Gasteiger partial charge on any atom is -0.381 e. The number of imidazole rings is 1. The maximum atomic E-state index is 15.5. The average molecular weight is 915 g/mol. The zero-order valence-corrected chi connectivity index (χ0v) is 38.7. The summed E-state index contributed by atoms with van der Waals surface area (Å²) in [4.78, 5) is 61.2. The van der Waals surface area contributed by atoms with Crippen LogP contribution in [-0.2, 0) is 16.7 Å². The number of hydrogen-bond acceptors (Lipinski definition) is 9. The van der Waals surface area contributed by atoms with E-state index in [1.165, 1.54) is 5.56 Å². The molecule has 7 heterocycles. The van der Waals surface area contributed by atoms with Crippen LogP contribution in [-0.4, -0.2) is 106 Å². The van der Waals surface area contributed by atoms with E-state index in [0.717, 1.165) is 60.2 Å². The number of aromatic nitrogens is 7. The molecule has 3 aromatic carbocycles. The number of nitrogens with one attached hydrogen (secondary N) is 1. The molecule has 2 N–H and O–H groups in total. The van der Waals surface area contributed by atoms with E-state index in [1.807, 2.05) is 42.2 Å². The Morgan fingerprint density at radius 1 is 0.924 bits per heavy atom. The monoisotopic (exact) mass is 914 g/mol. The van der Waals surface area contributed by atoms with Gasteiger partial charge in [0.05, 0.1) is 23.1 Å². The molecular weight excluding hydrogens is 861 g/mol. The van der Waals surface area contributed by atoms with Crippen LogP contribution in [0.3, 0.4) is 0 Å². The largest absolute Gasteiger partial charge is 0.438 e. The van der Waals surface area contributed by atoms with E-state index in [1.54, 1.807) is 52.2 Å². The molecule has 7 aromatic rings. The van der Waals surface area contributed by atoms with Crippen molar-refractivity contribution in [1.82, 2.24) is 43.4 Å². The Labute approximate surface area is 380 Å². The number of aryl methyl sites for hydroxylation is 2. The molecule has 3 atom stereocenters. The van der Waals surface area contributed by atoms with Crippen molar-refractivity contribution in [3.63, 3.8) is 0 Å². The average Bonchev–Trinajstić information content (AvgIpc) is 3.82. The van der Waals surface area contributed by atoms with E-state index >= 15 is 9.18 Å². The van der Waals surface area contributed by atoms with Crippen molar-refractivity contribution in [3.8, 4) is 17.2 Å². The smallest absolute Gasteiger partial charge is 0.381 e. The second-order valence-corrected chi connectivity index (χ2v) is 22.2. The van der Waals surface area contributed by atoms with Crippen molar-refractivity contribution in [3.05, 3.63) is 139 Å². The third-order valence-electron chi connectivity index (χ3n) is 15.0. The van der Waals surface area contributed by atoms with Gasteiger partial charge in [0.2, 0.25) is 0 Å². The lowest BCUT2D eigenvalue weighted by Gasteiger charge is -2.34. The first-order valence-corrected chi connectivity index (χ1v) is 25.1. The first-order valence-electron chi connectivity index (χ1n) is 23.0. The van der Waals surface area contributed by atoms with Crippen molar-refractivity contribution in [2.45, 2.75) is 70.9 Å². The van der Waals surface area contributed by atoms with Crippen molar-refractivity contribution in [2.75, 3.05) is 52.2 Å². The lowest BCUT2D eigenvalue weighted by Crippen LogP contribution is -2.41. The number of benzene rings is 3. The predicted octanol–water partition coefficient (Wildman–Crippen LogP) is 6.13. The fourth-order valence-electron chi connectivity index (χ4n) is 11.0. The molecular formula is C49H54FN9O6P+. The summed E-state index contributed by atoms with van der Waals surface area (Å²) in [6.07, 6.45) is 7.77. The van der Waals surface area contributed by atoms with Gasteiger partial charge >= 0.3 is 11.4 Å². The summed E-state index contributed by atoms with van der Waals surface area (Å²) in [5.74, 6) is 0.0208. The highest BCUT2D eigenvalue weighted by Crippen LogP contribution is 2.56. The van der Waals surface area contributed by atoms with Gasteiger partial charge in [-0.2, -0.15) is 5.10 Å². The first kappa shape index (κ1) is 42.7. The Morgan fingerprint density at radius 3 is 2.29 bits per heavy atom. The molecule has 0 bridgehead atoms. The number of H-pyrrole nitrogens is 1. The summed E-state index contributed by atoms with van der Waals surface area (Å²) in [6.45, 7) is 10.9. The summed E-state index contributed by atoms with van der Waals surface area (Å²) in [5, 5.41) is 11.2. The number of rotatable bonds is 8. The van der Waals surface area contributed by atoms with Crippen LogP contribution in [0.5, 0.6) is 0 Å². The number of fused-ring (bicyclic) bond motifs is 2. The first-order chi connectivity index (χ1) is 31.8. The minimum absolute atomic E-state index is 0.0289. The molecule has 0 unspecified atom stereocenters. The number of carbonyl (C=O) groups is 1. The van der Waals surface area contributed by atoms with Gasteiger partial charge in [0.1, 0.15) is 40.5 Å². The molecule has 11 rings (SSSR count). The molecule has 1 aliphatic carbocycles. The van der Waals surface area contributed by atoms with Crippen molar-refractivity contribution in [1.29, 1.82) is 0 Å². The van der Waals surface area contributed by atoms with Crippen LogP contribution in [0.4, 0.5) is 4.39 Å². The van der Waals surface area contributed by atoms with E-state index in [2.05, 4.69) is 51.8 Å². The number of carbonyl (C=O) groups excluding carboxylic acids is 1. The van der Waals surface area contributed by atoms with E-state index in [0.29, 0.717) is 83.9 Å². The lowest BCUT2D eigenvalue weighted by atomic mass is 9.91. The maximum Gasteiger partial charge on any atom is 0.438 e. The molecule has 3 fully saturated rings. The second kappa shape index (κ2) is 15.9. The van der Waals surface area contributed by atoms with Crippen LogP contribution in [0.15, 0.2) is 87.2 Å². The van der Waals surface area contributed by atoms with Crippen molar-refractivity contribution < 1.29 is 23.3 Å². The van der Waals surface area contributed by atoms with Gasteiger partial charge in [-0.25, -0.2) is 23.6 Å². The fourth-order valence-corrected chi connectivity index (χ4v) is 13.8. The maximum absolute atomic E-state index is 15.5. The summed E-state index contributed by atoms with van der Waals surface area (Å²) < 4.78 is 32.8. The van der Waals surface area contributed by atoms with E-state index in [9.17, 15) is 14.5 Å². The van der Waals surface area contributed by atoms with Gasteiger partial charge in [-0.05, 0) is 130 Å². The van der Waals surface area contributed by atoms with E-state index in [4.69, 9.17) is 14.4 Å². The van der Waals surface area contributed by atoms with Crippen LogP contribution in [0.1, 0.15) is 89.3 Å². The molecule has 2 saturated heterocycles. The highest BCUT2D eigenvalue weighted by molar-refractivity contribution is 7.77. The molecule has 1 saturated carbocycles. The van der Waals surface area contributed by atoms with Gasteiger partial charge in [-0.3, -0.25) is 28.3 Å². The number of halogens is 1. The summed E-state index contributed by atoms with van der Waals surface area (Å²) in [5.41, 5.74) is 4.89. The number of amides is 1. The molecule has 3 aliphatic heterocycles. The summed E-state index contributed by atoms with van der Waals surface area (Å²) in [6, 6.07) is 18.9. The Morgan fingerprint density at radius 2 is 1.62 bits per heavy atom. The van der Waals surface area contributed by atoms with Gasteiger partial charge in [-0.1, -0.05) is 18.1 Å². The minimum atomic E-state index is -2.30. The van der Waals surface area contributed by atoms with Gasteiger partial charge in [0, 0.05) is 68.1 Å².